The Labute approximate surface area is 145 Å². The molecule has 6 nitrogen and oxygen atoms in total. The summed E-state index contributed by atoms with van der Waals surface area (Å²) in [6, 6.07) is 7.55. The fourth-order valence-electron chi connectivity index (χ4n) is 1.97. The summed E-state index contributed by atoms with van der Waals surface area (Å²) in [7, 11) is 0. The maximum Gasteiger partial charge on any atom is 0.410 e. The van der Waals surface area contributed by atoms with Gasteiger partial charge in [0.2, 0.25) is 0 Å². The number of azide groups is 1. The molecule has 0 spiro atoms. The molecule has 0 fully saturated rings. The van der Waals surface area contributed by atoms with E-state index < -0.39 is 11.7 Å². The van der Waals surface area contributed by atoms with E-state index in [1.807, 2.05) is 65.8 Å². The first-order valence-electron chi connectivity index (χ1n) is 8.29. The highest BCUT2D eigenvalue weighted by Gasteiger charge is 2.23. The van der Waals surface area contributed by atoms with Gasteiger partial charge in [-0.2, -0.15) is 0 Å². The van der Waals surface area contributed by atoms with Gasteiger partial charge in [0.05, 0.1) is 6.04 Å². The van der Waals surface area contributed by atoms with E-state index in [0.29, 0.717) is 13.1 Å². The Morgan fingerprint density at radius 2 is 1.92 bits per heavy atom. The molecule has 0 N–H and O–H groups in total. The lowest BCUT2D eigenvalue weighted by Crippen LogP contribution is -2.39. The third-order valence-electron chi connectivity index (χ3n) is 3.01. The fourth-order valence-corrected chi connectivity index (χ4v) is 1.97. The SMILES string of the molecule is CC.Cc1ccccc1CN(CC(C)N=[N+]=[N-])C(=O)OC(C)(C)C. The normalized spacial score (nSPS) is 11.5. The molecule has 0 aromatic heterocycles. The molecule has 1 atom stereocenters. The second-order valence-electron chi connectivity index (χ2n) is 6.34. The molecule has 6 heteroatoms. The molecule has 0 aliphatic rings. The van der Waals surface area contributed by atoms with Crippen molar-refractivity contribution in [1.82, 2.24) is 4.90 Å². The van der Waals surface area contributed by atoms with Gasteiger partial charge < -0.3 is 9.64 Å². The van der Waals surface area contributed by atoms with Crippen LogP contribution in [-0.4, -0.2) is 29.2 Å². The number of carbonyl (C=O) groups excluding carboxylic acids is 1. The number of rotatable bonds is 5. The van der Waals surface area contributed by atoms with Gasteiger partial charge in [0.25, 0.3) is 0 Å². The van der Waals surface area contributed by atoms with Crippen molar-refractivity contribution in [2.45, 2.75) is 66.7 Å². The monoisotopic (exact) mass is 334 g/mol. The molecule has 134 valence electrons. The van der Waals surface area contributed by atoms with Gasteiger partial charge in [0.1, 0.15) is 5.60 Å². The number of nitrogens with zero attached hydrogens (tertiary/aromatic N) is 4. The summed E-state index contributed by atoms with van der Waals surface area (Å²) in [5.74, 6) is 0. The van der Waals surface area contributed by atoms with Gasteiger partial charge >= 0.3 is 6.09 Å². The highest BCUT2D eigenvalue weighted by molar-refractivity contribution is 5.68. The zero-order chi connectivity index (χ0) is 18.8. The minimum absolute atomic E-state index is 0.313. The molecule has 1 unspecified atom stereocenters. The van der Waals surface area contributed by atoms with Crippen LogP contribution in [0.2, 0.25) is 0 Å². The first-order chi connectivity index (χ1) is 11.2. The standard InChI is InChI=1S/C16H24N4O2.C2H6/c1-12-8-6-7-9-14(12)11-20(10-13(2)18-19-17)15(21)22-16(3,4)5;1-2/h6-9,13H,10-11H2,1-5H3;1-2H3. The van der Waals surface area contributed by atoms with Crippen molar-refractivity contribution in [1.29, 1.82) is 0 Å². The highest BCUT2D eigenvalue weighted by Crippen LogP contribution is 2.15. The van der Waals surface area contributed by atoms with E-state index in [1.165, 1.54) is 0 Å². The molecule has 0 aliphatic heterocycles. The summed E-state index contributed by atoms with van der Waals surface area (Å²) < 4.78 is 5.44. The predicted octanol–water partition coefficient (Wildman–Crippen LogP) is 5.46. The van der Waals surface area contributed by atoms with Gasteiger partial charge in [0, 0.05) is 18.0 Å². The fraction of sp³-hybridized carbons (Fsp3) is 0.611. The van der Waals surface area contributed by atoms with Gasteiger partial charge in [-0.1, -0.05) is 50.2 Å². The van der Waals surface area contributed by atoms with Crippen LogP contribution in [0.5, 0.6) is 0 Å². The predicted molar refractivity (Wildman–Crippen MR) is 97.8 cm³/mol. The minimum atomic E-state index is -0.567. The summed E-state index contributed by atoms with van der Waals surface area (Å²) in [6.45, 7) is 14.0. The molecule has 0 bridgehead atoms. The molecular weight excluding hydrogens is 304 g/mol. The van der Waals surface area contributed by atoms with Crippen molar-refractivity contribution in [2.24, 2.45) is 5.11 Å². The average Bonchev–Trinajstić information content (AvgIpc) is 2.49. The molecule has 0 saturated carbocycles. The van der Waals surface area contributed by atoms with E-state index in [9.17, 15) is 4.79 Å². The second-order valence-corrected chi connectivity index (χ2v) is 6.34. The zero-order valence-electron chi connectivity index (χ0n) is 15.9. The third kappa shape index (κ3) is 8.44. The first-order valence-corrected chi connectivity index (χ1v) is 8.29. The number of benzene rings is 1. The smallest absolute Gasteiger partial charge is 0.410 e. The van der Waals surface area contributed by atoms with E-state index in [2.05, 4.69) is 10.0 Å². The Balaban J connectivity index is 0.00000254. The molecule has 0 heterocycles. The van der Waals surface area contributed by atoms with E-state index >= 15 is 0 Å². The largest absolute Gasteiger partial charge is 0.444 e. The Bertz CT molecular complexity index is 560. The molecule has 24 heavy (non-hydrogen) atoms. The Kier molecular flexibility index (Phi) is 9.58. The van der Waals surface area contributed by atoms with Crippen LogP contribution in [-0.2, 0) is 11.3 Å². The molecule has 1 amide bonds. The van der Waals surface area contributed by atoms with Crippen LogP contribution in [0.3, 0.4) is 0 Å². The van der Waals surface area contributed by atoms with Crippen LogP contribution in [0.15, 0.2) is 29.4 Å². The summed E-state index contributed by atoms with van der Waals surface area (Å²) in [5, 5.41) is 3.64. The molecule has 0 radical (unpaired) electrons. The van der Waals surface area contributed by atoms with Crippen LogP contribution in [0.4, 0.5) is 4.79 Å². The van der Waals surface area contributed by atoms with Crippen molar-refractivity contribution >= 4 is 6.09 Å². The molecule has 0 saturated heterocycles. The molecule has 0 aliphatic carbocycles. The van der Waals surface area contributed by atoms with E-state index in [1.54, 1.807) is 11.8 Å². The van der Waals surface area contributed by atoms with Crippen LogP contribution in [0.1, 0.15) is 52.7 Å². The number of hydrogen-bond donors (Lipinski definition) is 0. The third-order valence-corrected chi connectivity index (χ3v) is 3.01. The lowest BCUT2D eigenvalue weighted by atomic mass is 10.1. The quantitative estimate of drug-likeness (QED) is 0.407. The summed E-state index contributed by atoms with van der Waals surface area (Å²) in [4.78, 5) is 16.8. The topological polar surface area (TPSA) is 78.3 Å². The minimum Gasteiger partial charge on any atom is -0.444 e. The second kappa shape index (κ2) is 10.6. The maximum absolute atomic E-state index is 12.4. The molecule has 1 rings (SSSR count). The number of carbonyl (C=O) groups is 1. The Morgan fingerprint density at radius 3 is 2.42 bits per heavy atom. The number of ether oxygens (including phenoxy) is 1. The van der Waals surface area contributed by atoms with Gasteiger partial charge in [-0.05, 0) is 44.4 Å². The molecule has 1 aromatic rings. The summed E-state index contributed by atoms with van der Waals surface area (Å²) in [5.41, 5.74) is 10.1. The van der Waals surface area contributed by atoms with Crippen molar-refractivity contribution in [3.63, 3.8) is 0 Å². The van der Waals surface area contributed by atoms with Crippen molar-refractivity contribution in [2.75, 3.05) is 6.54 Å². The van der Waals surface area contributed by atoms with Gasteiger partial charge in [0.15, 0.2) is 0 Å². The molecular formula is C18H30N4O2. The van der Waals surface area contributed by atoms with E-state index in [0.717, 1.165) is 11.1 Å². The average molecular weight is 334 g/mol. The van der Waals surface area contributed by atoms with Crippen molar-refractivity contribution < 1.29 is 9.53 Å². The highest BCUT2D eigenvalue weighted by atomic mass is 16.6. The van der Waals surface area contributed by atoms with Crippen LogP contribution in [0, 0.1) is 6.92 Å². The molecule has 1 aromatic carbocycles. The van der Waals surface area contributed by atoms with Crippen molar-refractivity contribution in [3.8, 4) is 0 Å². The number of hydrogen-bond acceptors (Lipinski definition) is 3. The van der Waals surface area contributed by atoms with E-state index in [-0.39, 0.29) is 6.04 Å². The van der Waals surface area contributed by atoms with E-state index in [4.69, 9.17) is 10.3 Å². The van der Waals surface area contributed by atoms with Gasteiger partial charge in [-0.25, -0.2) is 4.79 Å². The Hall–Kier alpha value is -2.20. The Morgan fingerprint density at radius 1 is 1.33 bits per heavy atom. The lowest BCUT2D eigenvalue weighted by Gasteiger charge is -2.29. The van der Waals surface area contributed by atoms with Gasteiger partial charge in [-0.3, -0.25) is 0 Å². The summed E-state index contributed by atoms with van der Waals surface area (Å²) in [6.07, 6.45) is -0.407. The number of aryl methyl sites for hydroxylation is 1. The maximum atomic E-state index is 12.4. The first kappa shape index (κ1) is 21.8. The van der Waals surface area contributed by atoms with Gasteiger partial charge in [-0.15, -0.1) is 0 Å². The number of amides is 1. The van der Waals surface area contributed by atoms with Crippen LogP contribution >= 0.6 is 0 Å². The lowest BCUT2D eigenvalue weighted by molar-refractivity contribution is 0.0225. The van der Waals surface area contributed by atoms with Crippen molar-refractivity contribution in [3.05, 3.63) is 45.8 Å². The van der Waals surface area contributed by atoms with Crippen LogP contribution in [0.25, 0.3) is 10.4 Å². The summed E-state index contributed by atoms with van der Waals surface area (Å²) >= 11 is 0. The van der Waals surface area contributed by atoms with Crippen LogP contribution < -0.4 is 0 Å². The zero-order valence-corrected chi connectivity index (χ0v) is 15.9.